The van der Waals surface area contributed by atoms with Gasteiger partial charge in [0.05, 0.1) is 0 Å². The van der Waals surface area contributed by atoms with Gasteiger partial charge in [-0.25, -0.2) is 0 Å². The van der Waals surface area contributed by atoms with Crippen LogP contribution in [0.4, 0.5) is 0 Å². The van der Waals surface area contributed by atoms with Gasteiger partial charge in [-0.05, 0) is 12.8 Å². The lowest BCUT2D eigenvalue weighted by molar-refractivity contribution is 0.352. The molecule has 0 atom stereocenters. The van der Waals surface area contributed by atoms with Crippen molar-refractivity contribution in [2.75, 3.05) is 13.1 Å². The molecular weight excluding hydrogens is 184 g/mol. The van der Waals surface area contributed by atoms with Crippen LogP contribution in [0.25, 0.3) is 0 Å². The Labute approximate surface area is 95.6 Å². The summed E-state index contributed by atoms with van der Waals surface area (Å²) in [5.74, 6) is 0.796. The highest BCUT2D eigenvalue weighted by molar-refractivity contribution is 5.84. The van der Waals surface area contributed by atoms with E-state index in [0.29, 0.717) is 0 Å². The van der Waals surface area contributed by atoms with Gasteiger partial charge in [-0.3, -0.25) is 5.41 Å². The number of hydrogen-bond acceptors (Lipinski definition) is 1. The van der Waals surface area contributed by atoms with Crippen molar-refractivity contribution in [3.8, 4) is 0 Å². The minimum atomic E-state index is -0.0124. The number of rotatable bonds is 6. The van der Waals surface area contributed by atoms with Crippen molar-refractivity contribution in [1.29, 1.82) is 5.41 Å². The number of hydrogen-bond donors (Lipinski definition) is 1. The molecule has 0 amide bonds. The molecule has 90 valence electrons. The molecule has 0 saturated heterocycles. The zero-order valence-corrected chi connectivity index (χ0v) is 11.2. The summed E-state index contributed by atoms with van der Waals surface area (Å²) in [6.45, 7) is 12.9. The first-order valence-corrected chi connectivity index (χ1v) is 6.27. The Morgan fingerprint density at radius 1 is 1.00 bits per heavy atom. The van der Waals surface area contributed by atoms with Crippen molar-refractivity contribution in [2.45, 2.75) is 60.3 Å². The van der Waals surface area contributed by atoms with Gasteiger partial charge in [-0.1, -0.05) is 47.5 Å². The molecule has 0 aromatic rings. The van der Waals surface area contributed by atoms with E-state index in [1.165, 1.54) is 25.7 Å². The van der Waals surface area contributed by atoms with Gasteiger partial charge in [0.15, 0.2) is 0 Å². The van der Waals surface area contributed by atoms with Crippen molar-refractivity contribution in [1.82, 2.24) is 4.90 Å². The number of unbranched alkanes of at least 4 members (excludes halogenated alkanes) is 2. The molecular formula is C13H28N2. The third-order valence-corrected chi connectivity index (χ3v) is 2.59. The van der Waals surface area contributed by atoms with Crippen LogP contribution in [0.3, 0.4) is 0 Å². The van der Waals surface area contributed by atoms with Crippen molar-refractivity contribution in [3.05, 3.63) is 0 Å². The fraction of sp³-hybridized carbons (Fsp3) is 0.923. The van der Waals surface area contributed by atoms with Gasteiger partial charge in [0, 0.05) is 18.5 Å². The smallest absolute Gasteiger partial charge is 0.101 e. The number of nitrogens with one attached hydrogen (secondary N) is 1. The van der Waals surface area contributed by atoms with E-state index in [-0.39, 0.29) is 5.41 Å². The number of amidine groups is 1. The Morgan fingerprint density at radius 3 is 1.67 bits per heavy atom. The lowest BCUT2D eigenvalue weighted by Crippen LogP contribution is -2.40. The average molecular weight is 212 g/mol. The van der Waals surface area contributed by atoms with Crippen molar-refractivity contribution < 1.29 is 0 Å². The van der Waals surface area contributed by atoms with Crippen LogP contribution in [0, 0.1) is 10.8 Å². The Bertz CT molecular complexity index is 171. The monoisotopic (exact) mass is 212 g/mol. The molecule has 0 aliphatic rings. The molecule has 0 aliphatic heterocycles. The molecule has 0 radical (unpaired) electrons. The summed E-state index contributed by atoms with van der Waals surface area (Å²) in [7, 11) is 0. The van der Waals surface area contributed by atoms with Crippen LogP contribution in [0.5, 0.6) is 0 Å². The maximum Gasteiger partial charge on any atom is 0.101 e. The molecule has 2 nitrogen and oxygen atoms in total. The molecule has 15 heavy (non-hydrogen) atoms. The van der Waals surface area contributed by atoms with Crippen LogP contribution >= 0.6 is 0 Å². The second kappa shape index (κ2) is 6.86. The first-order chi connectivity index (χ1) is 6.93. The second-order valence-electron chi connectivity index (χ2n) is 5.29. The zero-order chi connectivity index (χ0) is 11.9. The SMILES string of the molecule is CCCCN(CCCC)C(=N)C(C)(C)C. The third-order valence-electron chi connectivity index (χ3n) is 2.59. The van der Waals surface area contributed by atoms with E-state index in [9.17, 15) is 0 Å². The average Bonchev–Trinajstić information content (AvgIpc) is 2.16. The van der Waals surface area contributed by atoms with E-state index in [1.54, 1.807) is 0 Å². The molecule has 2 heteroatoms. The summed E-state index contributed by atoms with van der Waals surface area (Å²) in [5, 5.41) is 8.18. The fourth-order valence-corrected chi connectivity index (χ4v) is 1.51. The quantitative estimate of drug-likeness (QED) is 0.524. The van der Waals surface area contributed by atoms with Crippen LogP contribution < -0.4 is 0 Å². The first kappa shape index (κ1) is 14.5. The van der Waals surface area contributed by atoms with Gasteiger partial charge in [0.1, 0.15) is 5.84 Å². The van der Waals surface area contributed by atoms with Gasteiger partial charge >= 0.3 is 0 Å². The minimum Gasteiger partial charge on any atom is -0.360 e. The van der Waals surface area contributed by atoms with Gasteiger partial charge in [-0.2, -0.15) is 0 Å². The molecule has 0 aromatic heterocycles. The molecule has 1 N–H and O–H groups in total. The van der Waals surface area contributed by atoms with Gasteiger partial charge in [0.2, 0.25) is 0 Å². The zero-order valence-electron chi connectivity index (χ0n) is 11.2. The van der Waals surface area contributed by atoms with Crippen LogP contribution in [-0.2, 0) is 0 Å². The van der Waals surface area contributed by atoms with Crippen LogP contribution in [-0.4, -0.2) is 23.8 Å². The Kier molecular flexibility index (Phi) is 6.62. The van der Waals surface area contributed by atoms with Crippen molar-refractivity contribution in [3.63, 3.8) is 0 Å². The lowest BCUT2D eigenvalue weighted by Gasteiger charge is -2.32. The topological polar surface area (TPSA) is 27.1 Å². The van der Waals surface area contributed by atoms with Crippen LogP contribution in [0.15, 0.2) is 0 Å². The van der Waals surface area contributed by atoms with Crippen LogP contribution in [0.1, 0.15) is 60.3 Å². The Morgan fingerprint density at radius 2 is 1.40 bits per heavy atom. The maximum absolute atomic E-state index is 8.18. The Hall–Kier alpha value is -0.530. The second-order valence-corrected chi connectivity index (χ2v) is 5.29. The Balaban J connectivity index is 4.27. The third kappa shape index (κ3) is 5.81. The highest BCUT2D eigenvalue weighted by Gasteiger charge is 2.22. The summed E-state index contributed by atoms with van der Waals surface area (Å²) in [4.78, 5) is 2.26. The molecule has 0 unspecified atom stereocenters. The van der Waals surface area contributed by atoms with E-state index in [2.05, 4.69) is 39.5 Å². The summed E-state index contributed by atoms with van der Waals surface area (Å²) in [6.07, 6.45) is 4.81. The largest absolute Gasteiger partial charge is 0.360 e. The normalized spacial score (nSPS) is 11.5. The molecule has 0 aliphatic carbocycles. The summed E-state index contributed by atoms with van der Waals surface area (Å²) >= 11 is 0. The summed E-state index contributed by atoms with van der Waals surface area (Å²) in [6, 6.07) is 0. The predicted octanol–water partition coefficient (Wildman–Crippen LogP) is 3.91. The first-order valence-electron chi connectivity index (χ1n) is 6.27. The highest BCUT2D eigenvalue weighted by Crippen LogP contribution is 2.18. The molecule has 0 fully saturated rings. The minimum absolute atomic E-state index is 0.0124. The van der Waals surface area contributed by atoms with Gasteiger partial charge in [-0.15, -0.1) is 0 Å². The lowest BCUT2D eigenvalue weighted by atomic mass is 9.93. The van der Waals surface area contributed by atoms with E-state index in [1.807, 2.05) is 0 Å². The van der Waals surface area contributed by atoms with Crippen molar-refractivity contribution in [2.24, 2.45) is 5.41 Å². The molecule has 0 rings (SSSR count). The van der Waals surface area contributed by atoms with Crippen molar-refractivity contribution >= 4 is 5.84 Å². The van der Waals surface area contributed by atoms with Gasteiger partial charge < -0.3 is 4.90 Å². The molecule has 0 aromatic carbocycles. The maximum atomic E-state index is 8.18. The molecule has 0 bridgehead atoms. The highest BCUT2D eigenvalue weighted by atomic mass is 15.2. The van der Waals surface area contributed by atoms with Crippen LogP contribution in [0.2, 0.25) is 0 Å². The standard InChI is InChI=1S/C13H28N2/c1-6-8-10-15(11-9-7-2)12(14)13(3,4)5/h14H,6-11H2,1-5H3. The summed E-state index contributed by atoms with van der Waals surface area (Å²) in [5.41, 5.74) is -0.0124. The molecule has 0 saturated carbocycles. The van der Waals surface area contributed by atoms with E-state index in [0.717, 1.165) is 18.9 Å². The predicted molar refractivity (Wildman–Crippen MR) is 68.6 cm³/mol. The molecule has 0 heterocycles. The van der Waals surface area contributed by atoms with E-state index >= 15 is 0 Å². The van der Waals surface area contributed by atoms with Gasteiger partial charge in [0.25, 0.3) is 0 Å². The fourth-order valence-electron chi connectivity index (χ4n) is 1.51. The van der Waals surface area contributed by atoms with E-state index in [4.69, 9.17) is 5.41 Å². The number of nitrogens with zero attached hydrogens (tertiary/aromatic N) is 1. The molecule has 0 spiro atoms. The van der Waals surface area contributed by atoms with E-state index < -0.39 is 0 Å². The summed E-state index contributed by atoms with van der Waals surface area (Å²) < 4.78 is 0.